The van der Waals surface area contributed by atoms with Crippen LogP contribution in [-0.4, -0.2) is 47.3 Å². The Hall–Kier alpha value is -0.160. The summed E-state index contributed by atoms with van der Waals surface area (Å²) in [7, 11) is 1.30. The van der Waals surface area contributed by atoms with E-state index in [1.165, 1.54) is 7.11 Å². The van der Waals surface area contributed by atoms with Crippen molar-refractivity contribution in [2.75, 3.05) is 13.7 Å². The molecule has 5 atom stereocenters. The van der Waals surface area contributed by atoms with E-state index in [0.29, 0.717) is 0 Å². The topological polar surface area (TPSA) is 69.9 Å². The van der Waals surface area contributed by atoms with Gasteiger partial charge in [-0.05, 0) is 6.40 Å². The zero-order valence-electron chi connectivity index (χ0n) is 8.27. The highest BCUT2D eigenvalue weighted by atomic mass is 16.5. The fourth-order valence-corrected chi connectivity index (χ4v) is 1.16. The van der Waals surface area contributed by atoms with Crippen LogP contribution in [0.1, 0.15) is 9.14 Å². The molecule has 0 bridgehead atoms. The average molecular weight is 164 g/mol. The maximum Gasteiger partial charge on any atom is 0.106 e. The molecule has 4 heteroatoms. The minimum absolute atomic E-state index is 0.667. The van der Waals surface area contributed by atoms with E-state index in [9.17, 15) is 10.2 Å². The molecule has 1 saturated carbocycles. The third kappa shape index (κ3) is 1.54. The summed E-state index contributed by atoms with van der Waals surface area (Å²) < 4.78 is 19.9. The van der Waals surface area contributed by atoms with Gasteiger partial charge in [0.05, 0.1) is 12.2 Å². The third-order valence-corrected chi connectivity index (χ3v) is 1.87. The fourth-order valence-electron chi connectivity index (χ4n) is 1.16. The molecular formula is C7H14O4. The van der Waals surface area contributed by atoms with Crippen molar-refractivity contribution in [2.45, 2.75) is 24.7 Å². The predicted molar refractivity (Wildman–Crippen MR) is 38.0 cm³/mol. The second kappa shape index (κ2) is 3.49. The van der Waals surface area contributed by atoms with Crippen LogP contribution in [0.3, 0.4) is 0 Å². The molecule has 3 N–H and O–H groups in total. The molecule has 1 aliphatic carbocycles. The monoisotopic (exact) mass is 164 g/mol. The van der Waals surface area contributed by atoms with Gasteiger partial charge in [-0.15, -0.1) is 0 Å². The van der Waals surface area contributed by atoms with E-state index in [4.69, 9.17) is 12.6 Å². The van der Waals surface area contributed by atoms with E-state index >= 15 is 0 Å². The fraction of sp³-hybridized carbons (Fsp3) is 1.00. The van der Waals surface area contributed by atoms with Crippen LogP contribution in [0.25, 0.3) is 0 Å². The normalized spacial score (nSPS) is 60.7. The van der Waals surface area contributed by atoms with Gasteiger partial charge in [0.25, 0.3) is 0 Å². The Labute approximate surface area is 68.2 Å². The van der Waals surface area contributed by atoms with Crippen molar-refractivity contribution in [1.82, 2.24) is 0 Å². The van der Waals surface area contributed by atoms with Crippen LogP contribution in [0.4, 0.5) is 0 Å². The zero-order chi connectivity index (χ0) is 10.2. The van der Waals surface area contributed by atoms with E-state index in [-0.39, 0.29) is 0 Å². The number of hydrogen-bond donors (Lipinski definition) is 3. The predicted octanol–water partition coefficient (Wildman–Crippen LogP) is -1.26. The van der Waals surface area contributed by atoms with Crippen molar-refractivity contribution < 1.29 is 22.8 Å². The lowest BCUT2D eigenvalue weighted by molar-refractivity contribution is -0.0440. The summed E-state index contributed by atoms with van der Waals surface area (Å²) in [4.78, 5) is 0. The van der Waals surface area contributed by atoms with Crippen molar-refractivity contribution in [2.24, 2.45) is 5.89 Å². The largest absolute Gasteiger partial charge is 0.396 e. The zero-order valence-corrected chi connectivity index (χ0v) is 6.27. The first-order valence-electron chi connectivity index (χ1n) is 4.48. The molecule has 0 heterocycles. The molecule has 0 aromatic rings. The number of rotatable bonds is 2. The summed E-state index contributed by atoms with van der Waals surface area (Å²) in [6, 6.07) is 0. The van der Waals surface area contributed by atoms with Gasteiger partial charge in [0.2, 0.25) is 0 Å². The first-order valence-corrected chi connectivity index (χ1v) is 3.41. The van der Waals surface area contributed by atoms with Gasteiger partial charge in [0.1, 0.15) is 6.10 Å². The maximum atomic E-state index is 9.39. The molecule has 0 spiro atoms. The molecule has 0 radical (unpaired) electrons. The van der Waals surface area contributed by atoms with E-state index < -0.39 is 37.2 Å². The minimum atomic E-state index is -1.75. The third-order valence-electron chi connectivity index (χ3n) is 1.87. The molecule has 1 rings (SSSR count). The van der Waals surface area contributed by atoms with Gasteiger partial charge in [-0.1, -0.05) is 0 Å². The van der Waals surface area contributed by atoms with Crippen molar-refractivity contribution in [3.8, 4) is 0 Å². The van der Waals surface area contributed by atoms with Gasteiger partial charge in [-0.3, -0.25) is 0 Å². The Morgan fingerprint density at radius 1 is 1.64 bits per heavy atom. The molecule has 66 valence electrons. The van der Waals surface area contributed by atoms with Gasteiger partial charge in [-0.2, -0.15) is 0 Å². The summed E-state index contributed by atoms with van der Waals surface area (Å²) in [5.41, 5.74) is 0. The molecule has 0 aliphatic heterocycles. The van der Waals surface area contributed by atoms with Crippen LogP contribution in [-0.2, 0) is 4.74 Å². The lowest BCUT2D eigenvalue weighted by Crippen LogP contribution is -2.32. The smallest absolute Gasteiger partial charge is 0.106 e. The van der Waals surface area contributed by atoms with Gasteiger partial charge in [-0.25, -0.2) is 0 Å². The molecule has 1 fully saturated rings. The van der Waals surface area contributed by atoms with Crippen LogP contribution < -0.4 is 0 Å². The average Bonchev–Trinajstić information content (AvgIpc) is 2.29. The SMILES string of the molecule is [2H][C@@H]1[C@@H](OC)[C@@H](O)[C@H](O)[C@@]1([2H])CO. The molecule has 0 amide bonds. The van der Waals surface area contributed by atoms with Crippen molar-refractivity contribution in [3.05, 3.63) is 0 Å². The van der Waals surface area contributed by atoms with E-state index in [0.717, 1.165) is 0 Å². The molecule has 0 unspecified atom stereocenters. The standard InChI is InChI=1S/C7H14O4/c1-11-5-2-4(3-8)6(9)7(5)10/h4-10H,2-3H2,1H3/t4-,5-,6-,7-/m1/s1/i2D,4D/t2-,4+,5+,6+,7+/m0. The Bertz CT molecular complexity index is 189. The van der Waals surface area contributed by atoms with Crippen LogP contribution >= 0.6 is 0 Å². The Morgan fingerprint density at radius 2 is 2.27 bits per heavy atom. The lowest BCUT2D eigenvalue weighted by atomic mass is 10.1. The highest BCUT2D eigenvalue weighted by molar-refractivity contribution is 4.91. The Morgan fingerprint density at radius 3 is 2.55 bits per heavy atom. The van der Waals surface area contributed by atoms with Gasteiger partial charge >= 0.3 is 0 Å². The number of ether oxygens (including phenoxy) is 1. The van der Waals surface area contributed by atoms with E-state index in [1.54, 1.807) is 0 Å². The molecule has 0 aromatic carbocycles. The highest BCUT2D eigenvalue weighted by Crippen LogP contribution is 2.27. The second-order valence-electron chi connectivity index (χ2n) is 2.54. The van der Waals surface area contributed by atoms with Crippen molar-refractivity contribution in [1.29, 1.82) is 0 Å². The molecule has 4 nitrogen and oxygen atoms in total. The molecule has 1 aliphatic rings. The van der Waals surface area contributed by atoms with Crippen LogP contribution in [0.15, 0.2) is 0 Å². The first-order chi connectivity index (χ1) is 5.99. The maximum absolute atomic E-state index is 9.39. The van der Waals surface area contributed by atoms with Crippen molar-refractivity contribution >= 4 is 0 Å². The number of methoxy groups -OCH3 is 1. The molecule has 0 saturated heterocycles. The highest BCUT2D eigenvalue weighted by Gasteiger charge is 2.40. The lowest BCUT2D eigenvalue weighted by Gasteiger charge is -2.14. The van der Waals surface area contributed by atoms with Crippen LogP contribution in [0.2, 0.25) is 0 Å². The van der Waals surface area contributed by atoms with Gasteiger partial charge < -0.3 is 20.1 Å². The molecular weight excluding hydrogens is 148 g/mol. The molecule has 11 heavy (non-hydrogen) atoms. The summed E-state index contributed by atoms with van der Waals surface area (Å²) in [6.07, 6.45) is -4.78. The van der Waals surface area contributed by atoms with Gasteiger partial charge in [0, 0.05) is 22.4 Å². The Kier molecular flexibility index (Phi) is 2.02. The quantitative estimate of drug-likeness (QED) is 0.476. The number of aliphatic hydroxyl groups excluding tert-OH is 3. The summed E-state index contributed by atoms with van der Waals surface area (Å²) in [6.45, 7) is -0.667. The number of hydrogen-bond acceptors (Lipinski definition) is 4. The van der Waals surface area contributed by atoms with Gasteiger partial charge in [0.15, 0.2) is 0 Å². The van der Waals surface area contributed by atoms with Crippen LogP contribution in [0, 0.1) is 5.89 Å². The van der Waals surface area contributed by atoms with E-state index in [2.05, 4.69) is 0 Å². The molecule has 0 aromatic heterocycles. The second-order valence-corrected chi connectivity index (χ2v) is 2.54. The van der Waals surface area contributed by atoms with Crippen molar-refractivity contribution in [3.63, 3.8) is 0 Å². The Balaban J connectivity index is 2.90. The van der Waals surface area contributed by atoms with Crippen LogP contribution in [0.5, 0.6) is 0 Å². The number of aliphatic hydroxyl groups is 3. The minimum Gasteiger partial charge on any atom is -0.396 e. The van der Waals surface area contributed by atoms with E-state index in [1.807, 2.05) is 0 Å². The summed E-state index contributed by atoms with van der Waals surface area (Å²) in [5, 5.41) is 27.6. The summed E-state index contributed by atoms with van der Waals surface area (Å²) in [5.74, 6) is -1.75. The summed E-state index contributed by atoms with van der Waals surface area (Å²) >= 11 is 0. The first kappa shape index (κ1) is 6.37.